The monoisotopic (exact) mass is 423 g/mol. The number of aryl methyl sites for hydroxylation is 1. The molecule has 154 valence electrons. The first-order valence-electron chi connectivity index (χ1n) is 9.54. The summed E-state index contributed by atoms with van der Waals surface area (Å²) in [6.45, 7) is 0.608. The second kappa shape index (κ2) is 9.10. The Balaban J connectivity index is 1.37. The number of anilines is 2. The van der Waals surface area contributed by atoms with Crippen molar-refractivity contribution < 1.29 is 14.3 Å². The molecule has 1 atom stereocenters. The molecule has 30 heavy (non-hydrogen) atoms. The van der Waals surface area contributed by atoms with Crippen LogP contribution < -0.4 is 10.6 Å². The van der Waals surface area contributed by atoms with E-state index in [1.807, 2.05) is 35.9 Å². The molecule has 0 saturated carbocycles. The van der Waals surface area contributed by atoms with Crippen molar-refractivity contribution in [1.82, 2.24) is 14.8 Å². The highest BCUT2D eigenvalue weighted by Crippen LogP contribution is 2.26. The van der Waals surface area contributed by atoms with Crippen molar-refractivity contribution in [2.75, 3.05) is 17.2 Å². The molecule has 1 aliphatic heterocycles. The molecule has 1 fully saturated rings. The van der Waals surface area contributed by atoms with Crippen molar-refractivity contribution >= 4 is 35.0 Å². The number of aromatic nitrogens is 3. The highest BCUT2D eigenvalue weighted by atomic mass is 32.2. The maximum absolute atomic E-state index is 12.6. The molecule has 8 nitrogen and oxygen atoms in total. The molecule has 9 heteroatoms. The SMILES string of the molecule is Cn1cnnc1Sc1ccc(NC(=O)c2cccc(NC(=O)C3CCCO3)c2)cc1. The number of nitrogens with one attached hydrogen (secondary N) is 2. The van der Waals surface area contributed by atoms with E-state index in [0.29, 0.717) is 23.5 Å². The first-order valence-corrected chi connectivity index (χ1v) is 10.4. The molecule has 2 amide bonds. The minimum atomic E-state index is -0.416. The van der Waals surface area contributed by atoms with Crippen LogP contribution >= 0.6 is 11.8 Å². The summed E-state index contributed by atoms with van der Waals surface area (Å²) in [7, 11) is 1.88. The van der Waals surface area contributed by atoms with E-state index in [9.17, 15) is 9.59 Å². The fourth-order valence-corrected chi connectivity index (χ4v) is 3.79. The Morgan fingerprint density at radius 2 is 1.97 bits per heavy atom. The lowest BCUT2D eigenvalue weighted by molar-refractivity contribution is -0.124. The molecule has 0 spiro atoms. The lowest BCUT2D eigenvalue weighted by Gasteiger charge is -2.11. The Morgan fingerprint density at radius 3 is 2.67 bits per heavy atom. The van der Waals surface area contributed by atoms with Gasteiger partial charge in [0.1, 0.15) is 12.4 Å². The minimum absolute atomic E-state index is 0.180. The number of ether oxygens (including phenoxy) is 1. The smallest absolute Gasteiger partial charge is 0.255 e. The van der Waals surface area contributed by atoms with Crippen molar-refractivity contribution in [2.45, 2.75) is 29.0 Å². The first kappa shape index (κ1) is 20.1. The van der Waals surface area contributed by atoms with Crippen LogP contribution in [0.4, 0.5) is 11.4 Å². The summed E-state index contributed by atoms with van der Waals surface area (Å²) in [5.74, 6) is -0.432. The predicted octanol–water partition coefficient (Wildman–Crippen LogP) is 3.34. The molecule has 1 unspecified atom stereocenters. The molecular weight excluding hydrogens is 402 g/mol. The summed E-state index contributed by atoms with van der Waals surface area (Å²) in [4.78, 5) is 25.8. The molecular formula is C21H21N5O3S. The van der Waals surface area contributed by atoms with Crippen LogP contribution in [0, 0.1) is 0 Å². The Morgan fingerprint density at radius 1 is 1.13 bits per heavy atom. The largest absolute Gasteiger partial charge is 0.368 e. The van der Waals surface area contributed by atoms with Gasteiger partial charge in [0, 0.05) is 35.5 Å². The summed E-state index contributed by atoms with van der Waals surface area (Å²) in [5, 5.41) is 14.4. The Hall–Kier alpha value is -3.17. The van der Waals surface area contributed by atoms with Crippen molar-refractivity contribution in [2.24, 2.45) is 7.05 Å². The van der Waals surface area contributed by atoms with Gasteiger partial charge >= 0.3 is 0 Å². The van der Waals surface area contributed by atoms with Gasteiger partial charge in [-0.2, -0.15) is 0 Å². The molecule has 2 heterocycles. The third-order valence-electron chi connectivity index (χ3n) is 4.61. The second-order valence-corrected chi connectivity index (χ2v) is 7.92. The van der Waals surface area contributed by atoms with Gasteiger partial charge in [-0.25, -0.2) is 0 Å². The normalized spacial score (nSPS) is 15.7. The van der Waals surface area contributed by atoms with E-state index in [0.717, 1.165) is 22.9 Å². The lowest BCUT2D eigenvalue weighted by Crippen LogP contribution is -2.27. The number of hydrogen-bond acceptors (Lipinski definition) is 6. The van der Waals surface area contributed by atoms with Crippen LogP contribution in [0.25, 0.3) is 0 Å². The van der Waals surface area contributed by atoms with Crippen LogP contribution in [0.15, 0.2) is 64.9 Å². The van der Waals surface area contributed by atoms with Gasteiger partial charge in [-0.05, 0) is 67.1 Å². The van der Waals surface area contributed by atoms with Crippen LogP contribution in [0.1, 0.15) is 23.2 Å². The summed E-state index contributed by atoms with van der Waals surface area (Å²) in [5.41, 5.74) is 1.70. The van der Waals surface area contributed by atoms with Crippen LogP contribution in [-0.4, -0.2) is 39.3 Å². The Labute approximate surface area is 178 Å². The van der Waals surface area contributed by atoms with E-state index in [1.54, 1.807) is 30.6 Å². The molecule has 2 N–H and O–H groups in total. The predicted molar refractivity (Wildman–Crippen MR) is 114 cm³/mol. The molecule has 1 saturated heterocycles. The van der Waals surface area contributed by atoms with Gasteiger partial charge in [0.05, 0.1) is 0 Å². The number of hydrogen-bond donors (Lipinski definition) is 2. The molecule has 2 aromatic carbocycles. The Bertz CT molecular complexity index is 1040. The maximum Gasteiger partial charge on any atom is 0.255 e. The zero-order valence-corrected chi connectivity index (χ0v) is 17.2. The van der Waals surface area contributed by atoms with Gasteiger partial charge < -0.3 is 19.9 Å². The van der Waals surface area contributed by atoms with Gasteiger partial charge in [-0.3, -0.25) is 9.59 Å². The van der Waals surface area contributed by atoms with Crippen LogP contribution in [0.2, 0.25) is 0 Å². The molecule has 1 aromatic heterocycles. The van der Waals surface area contributed by atoms with Crippen molar-refractivity contribution in [1.29, 1.82) is 0 Å². The third kappa shape index (κ3) is 4.87. The second-order valence-electron chi connectivity index (χ2n) is 6.88. The first-order chi connectivity index (χ1) is 14.6. The van der Waals surface area contributed by atoms with Crippen molar-refractivity contribution in [3.63, 3.8) is 0 Å². The Kier molecular flexibility index (Phi) is 6.10. The fraction of sp³-hybridized carbons (Fsp3) is 0.238. The van der Waals surface area contributed by atoms with Crippen molar-refractivity contribution in [3.05, 3.63) is 60.4 Å². The molecule has 0 bridgehead atoms. The average Bonchev–Trinajstić information content (AvgIpc) is 3.42. The highest BCUT2D eigenvalue weighted by molar-refractivity contribution is 7.99. The van der Waals surface area contributed by atoms with E-state index in [-0.39, 0.29) is 11.8 Å². The van der Waals surface area contributed by atoms with Gasteiger partial charge in [-0.15, -0.1) is 10.2 Å². The van der Waals surface area contributed by atoms with Gasteiger partial charge in [0.25, 0.3) is 11.8 Å². The number of rotatable bonds is 6. The summed E-state index contributed by atoms with van der Waals surface area (Å²) < 4.78 is 7.23. The number of carbonyl (C=O) groups excluding carboxylic acids is 2. The summed E-state index contributed by atoms with van der Waals surface area (Å²) in [6.07, 6.45) is 2.84. The summed E-state index contributed by atoms with van der Waals surface area (Å²) >= 11 is 1.49. The van der Waals surface area contributed by atoms with Gasteiger partial charge in [-0.1, -0.05) is 6.07 Å². The minimum Gasteiger partial charge on any atom is -0.368 e. The van der Waals surface area contributed by atoms with Gasteiger partial charge in [0.15, 0.2) is 5.16 Å². The molecule has 3 aromatic rings. The van der Waals surface area contributed by atoms with E-state index in [4.69, 9.17) is 4.74 Å². The van der Waals surface area contributed by atoms with Crippen LogP contribution in [0.3, 0.4) is 0 Å². The molecule has 4 rings (SSSR count). The third-order valence-corrected chi connectivity index (χ3v) is 5.67. The zero-order valence-electron chi connectivity index (χ0n) is 16.4. The van der Waals surface area contributed by atoms with E-state index in [1.165, 1.54) is 11.8 Å². The quantitative estimate of drug-likeness (QED) is 0.631. The topological polar surface area (TPSA) is 98.1 Å². The van der Waals surface area contributed by atoms with Gasteiger partial charge in [0.2, 0.25) is 0 Å². The molecule has 1 aliphatic rings. The zero-order chi connectivity index (χ0) is 20.9. The van der Waals surface area contributed by atoms with Crippen molar-refractivity contribution in [3.8, 4) is 0 Å². The lowest BCUT2D eigenvalue weighted by atomic mass is 10.1. The van der Waals surface area contributed by atoms with Crippen LogP contribution in [0.5, 0.6) is 0 Å². The number of carbonyl (C=O) groups is 2. The fourth-order valence-electron chi connectivity index (χ4n) is 3.03. The number of nitrogens with zero attached hydrogens (tertiary/aromatic N) is 3. The number of amides is 2. The standard InChI is InChI=1S/C21H21N5O3S/c1-26-13-22-25-21(26)30-17-9-7-15(8-10-17)23-19(27)14-4-2-5-16(12-14)24-20(28)18-6-3-11-29-18/h2,4-5,7-10,12-13,18H,3,6,11H2,1H3,(H,23,27)(H,24,28). The van der Waals surface area contributed by atoms with E-state index < -0.39 is 6.10 Å². The maximum atomic E-state index is 12.6. The molecule has 0 radical (unpaired) electrons. The molecule has 0 aliphatic carbocycles. The number of benzene rings is 2. The van der Waals surface area contributed by atoms with E-state index >= 15 is 0 Å². The average molecular weight is 423 g/mol. The summed E-state index contributed by atoms with van der Waals surface area (Å²) in [6, 6.07) is 14.3. The van der Waals surface area contributed by atoms with Crippen LogP contribution in [-0.2, 0) is 16.6 Å². The highest BCUT2D eigenvalue weighted by Gasteiger charge is 2.23. The van der Waals surface area contributed by atoms with E-state index in [2.05, 4.69) is 20.8 Å².